The molecule has 2 N–H and O–H groups in total. The number of urea groups is 1. The third-order valence-electron chi connectivity index (χ3n) is 8.31. The van der Waals surface area contributed by atoms with Crippen molar-refractivity contribution in [2.24, 2.45) is 0 Å². The van der Waals surface area contributed by atoms with Gasteiger partial charge in [0.05, 0.1) is 18.7 Å². The van der Waals surface area contributed by atoms with Crippen LogP contribution in [0.4, 0.5) is 16.3 Å². The van der Waals surface area contributed by atoms with Crippen LogP contribution in [0.5, 0.6) is 23.0 Å². The first kappa shape index (κ1) is 31.4. The Morgan fingerprint density at radius 1 is 0.891 bits per heavy atom. The predicted octanol–water partition coefficient (Wildman–Crippen LogP) is 5.71. The van der Waals surface area contributed by atoms with Gasteiger partial charge in [0.1, 0.15) is 30.3 Å². The molecule has 242 valence electrons. The second kappa shape index (κ2) is 15.6. The Hall–Kier alpha value is -4.61. The highest BCUT2D eigenvalue weighted by Crippen LogP contribution is 2.36. The summed E-state index contributed by atoms with van der Waals surface area (Å²) in [6.07, 6.45) is 6.21. The Kier molecular flexibility index (Phi) is 10.6. The van der Waals surface area contributed by atoms with Crippen molar-refractivity contribution >= 4 is 28.4 Å². The zero-order chi connectivity index (χ0) is 31.6. The van der Waals surface area contributed by atoms with E-state index in [0.717, 1.165) is 35.4 Å². The van der Waals surface area contributed by atoms with Crippen molar-refractivity contribution in [3.05, 3.63) is 73.1 Å². The topological polar surface area (TPSA) is 110 Å². The second-order valence-electron chi connectivity index (χ2n) is 11.5. The third-order valence-corrected chi connectivity index (χ3v) is 8.31. The number of carbonyl (C=O) groups excluding carboxylic acids is 1. The molecule has 11 nitrogen and oxygen atoms in total. The normalized spacial score (nSPS) is 16.7. The van der Waals surface area contributed by atoms with E-state index in [1.54, 1.807) is 13.4 Å². The first-order chi connectivity index (χ1) is 22.7. The van der Waals surface area contributed by atoms with Gasteiger partial charge in [-0.2, -0.15) is 0 Å². The first-order valence-corrected chi connectivity index (χ1v) is 16.1. The molecule has 2 saturated heterocycles. The lowest BCUT2D eigenvalue weighted by atomic mass is 10.0. The van der Waals surface area contributed by atoms with Crippen molar-refractivity contribution in [3.8, 4) is 23.0 Å². The van der Waals surface area contributed by atoms with Crippen LogP contribution in [0, 0.1) is 0 Å². The molecule has 2 amide bonds. The quantitative estimate of drug-likeness (QED) is 0.191. The van der Waals surface area contributed by atoms with Crippen molar-refractivity contribution in [2.75, 3.05) is 69.9 Å². The molecule has 1 aromatic heterocycles. The van der Waals surface area contributed by atoms with Crippen LogP contribution in [0.2, 0.25) is 0 Å². The SMILES string of the molecule is COCCOc1cc2c(N3CCN(C(=O)Nc4ccc(Oc5ccccc5)cc4)CC3)ncnc2cc1OCCC1CCCCN1. The van der Waals surface area contributed by atoms with Crippen LogP contribution in [-0.2, 0) is 4.74 Å². The Labute approximate surface area is 269 Å². The Morgan fingerprint density at radius 3 is 2.41 bits per heavy atom. The first-order valence-electron chi connectivity index (χ1n) is 16.1. The van der Waals surface area contributed by atoms with E-state index in [9.17, 15) is 4.79 Å². The smallest absolute Gasteiger partial charge is 0.321 e. The number of hydrogen-bond acceptors (Lipinski definition) is 9. The number of rotatable bonds is 12. The fourth-order valence-electron chi connectivity index (χ4n) is 5.80. The highest BCUT2D eigenvalue weighted by molar-refractivity contribution is 5.92. The van der Waals surface area contributed by atoms with E-state index in [4.69, 9.17) is 18.9 Å². The van der Waals surface area contributed by atoms with Crippen LogP contribution in [0.1, 0.15) is 25.7 Å². The number of anilines is 2. The molecule has 2 fully saturated rings. The average molecular weight is 627 g/mol. The van der Waals surface area contributed by atoms with Crippen LogP contribution in [0.3, 0.4) is 0 Å². The summed E-state index contributed by atoms with van der Waals surface area (Å²) in [4.78, 5) is 26.3. The van der Waals surface area contributed by atoms with E-state index in [-0.39, 0.29) is 6.03 Å². The van der Waals surface area contributed by atoms with Gasteiger partial charge in [0.2, 0.25) is 0 Å². The molecule has 6 rings (SSSR count). The molecule has 1 unspecified atom stereocenters. The summed E-state index contributed by atoms with van der Waals surface area (Å²) in [5, 5.41) is 7.47. The molecule has 4 aromatic rings. The van der Waals surface area contributed by atoms with Gasteiger partial charge in [0.15, 0.2) is 11.5 Å². The van der Waals surface area contributed by atoms with Crippen molar-refractivity contribution in [2.45, 2.75) is 31.7 Å². The number of carbonyl (C=O) groups is 1. The molecule has 1 atom stereocenters. The summed E-state index contributed by atoms with van der Waals surface area (Å²) in [6, 6.07) is 21.2. The number of ether oxygens (including phenoxy) is 4. The van der Waals surface area contributed by atoms with E-state index in [1.807, 2.05) is 71.6 Å². The van der Waals surface area contributed by atoms with Gasteiger partial charge in [-0.25, -0.2) is 14.8 Å². The van der Waals surface area contributed by atoms with Gasteiger partial charge in [0, 0.05) is 56.5 Å². The van der Waals surface area contributed by atoms with E-state index in [0.29, 0.717) is 75.0 Å². The Morgan fingerprint density at radius 2 is 1.65 bits per heavy atom. The van der Waals surface area contributed by atoms with Gasteiger partial charge in [-0.1, -0.05) is 24.6 Å². The molecule has 0 bridgehead atoms. The maximum absolute atomic E-state index is 13.1. The lowest BCUT2D eigenvalue weighted by Gasteiger charge is -2.35. The third kappa shape index (κ3) is 8.15. The minimum absolute atomic E-state index is 0.136. The van der Waals surface area contributed by atoms with Gasteiger partial charge in [0.25, 0.3) is 0 Å². The molecule has 2 aliphatic rings. The maximum atomic E-state index is 13.1. The van der Waals surface area contributed by atoms with Gasteiger partial charge in [-0.05, 0) is 68.3 Å². The molecule has 11 heteroatoms. The highest BCUT2D eigenvalue weighted by atomic mass is 16.5. The minimum Gasteiger partial charge on any atom is -0.490 e. The lowest BCUT2D eigenvalue weighted by molar-refractivity contribution is 0.143. The number of methoxy groups -OCH3 is 1. The number of nitrogens with zero attached hydrogens (tertiary/aromatic N) is 4. The van der Waals surface area contributed by atoms with E-state index in [1.165, 1.54) is 19.3 Å². The van der Waals surface area contributed by atoms with E-state index < -0.39 is 0 Å². The fourth-order valence-corrected chi connectivity index (χ4v) is 5.80. The number of nitrogens with one attached hydrogen (secondary N) is 2. The number of amides is 2. The van der Waals surface area contributed by atoms with Gasteiger partial charge >= 0.3 is 6.03 Å². The summed E-state index contributed by atoms with van der Waals surface area (Å²) in [5.74, 6) is 3.60. The van der Waals surface area contributed by atoms with E-state index >= 15 is 0 Å². The van der Waals surface area contributed by atoms with Gasteiger partial charge in [-0.15, -0.1) is 0 Å². The van der Waals surface area contributed by atoms with Crippen molar-refractivity contribution in [3.63, 3.8) is 0 Å². The van der Waals surface area contributed by atoms with Gasteiger partial charge < -0.3 is 39.4 Å². The molecule has 0 spiro atoms. The summed E-state index contributed by atoms with van der Waals surface area (Å²) >= 11 is 0. The summed E-state index contributed by atoms with van der Waals surface area (Å²) in [6.45, 7) is 4.92. The Bertz CT molecular complexity index is 1560. The number of hydrogen-bond donors (Lipinski definition) is 2. The van der Waals surface area contributed by atoms with Crippen LogP contribution in [0.25, 0.3) is 10.9 Å². The number of aromatic nitrogens is 2. The lowest BCUT2D eigenvalue weighted by Crippen LogP contribution is -2.50. The Balaban J connectivity index is 1.08. The summed E-state index contributed by atoms with van der Waals surface area (Å²) < 4.78 is 23.4. The molecule has 0 radical (unpaired) electrons. The zero-order valence-corrected chi connectivity index (χ0v) is 26.3. The number of para-hydroxylation sites is 1. The van der Waals surface area contributed by atoms with Crippen molar-refractivity contribution in [1.29, 1.82) is 0 Å². The maximum Gasteiger partial charge on any atom is 0.321 e. The molecular weight excluding hydrogens is 584 g/mol. The van der Waals surface area contributed by atoms with Crippen molar-refractivity contribution in [1.82, 2.24) is 20.2 Å². The molecule has 2 aliphatic heterocycles. The standard InChI is InChI=1S/C35H42N6O5/c1-43-21-22-45-32-23-30-31(24-33(32)44-20-14-26-7-5-6-15-36-26)37-25-38-34(30)40-16-18-41(19-17-40)35(42)39-27-10-12-29(13-11-27)46-28-8-3-2-4-9-28/h2-4,8-13,23-26,36H,5-7,14-22H2,1H3,(H,39,42). The number of benzene rings is 3. The predicted molar refractivity (Wildman–Crippen MR) is 178 cm³/mol. The van der Waals surface area contributed by atoms with Crippen LogP contribution in [-0.4, -0.2) is 86.6 Å². The van der Waals surface area contributed by atoms with Crippen molar-refractivity contribution < 1.29 is 23.7 Å². The molecule has 3 heterocycles. The molecule has 0 aliphatic carbocycles. The van der Waals surface area contributed by atoms with Crippen LogP contribution in [0.15, 0.2) is 73.1 Å². The average Bonchev–Trinajstić information content (AvgIpc) is 3.10. The molecule has 3 aromatic carbocycles. The minimum atomic E-state index is -0.136. The molecule has 46 heavy (non-hydrogen) atoms. The number of piperazine rings is 1. The molecular formula is C35H42N6O5. The monoisotopic (exact) mass is 626 g/mol. The van der Waals surface area contributed by atoms with Crippen LogP contribution >= 0.6 is 0 Å². The molecule has 0 saturated carbocycles. The fraction of sp³-hybridized carbons (Fsp3) is 0.400. The van der Waals surface area contributed by atoms with E-state index in [2.05, 4.69) is 25.5 Å². The van der Waals surface area contributed by atoms with Gasteiger partial charge in [-0.3, -0.25) is 0 Å². The summed E-state index contributed by atoms with van der Waals surface area (Å²) in [5.41, 5.74) is 1.50. The summed E-state index contributed by atoms with van der Waals surface area (Å²) in [7, 11) is 1.65. The zero-order valence-electron chi connectivity index (χ0n) is 26.3. The second-order valence-corrected chi connectivity index (χ2v) is 11.5. The van der Waals surface area contributed by atoms with Crippen LogP contribution < -0.4 is 29.7 Å². The number of piperidine rings is 1. The highest BCUT2D eigenvalue weighted by Gasteiger charge is 2.24. The number of fused-ring (bicyclic) bond motifs is 1. The largest absolute Gasteiger partial charge is 0.490 e.